The number of hydrogen-bond acceptors (Lipinski definition) is 3. The van der Waals surface area contributed by atoms with Crippen LogP contribution in [0.25, 0.3) is 0 Å². The van der Waals surface area contributed by atoms with E-state index in [1.807, 2.05) is 0 Å². The summed E-state index contributed by atoms with van der Waals surface area (Å²) in [4.78, 5) is 8.25. The normalized spacial score (nSPS) is 4.80. The molecule has 24 valence electrons. The molecular weight excluding hydrogens is 86.3 g/mol. The molecule has 5 heteroatoms. The predicted octanol–water partition coefficient (Wildman–Crippen LogP) is -0.620. The van der Waals surface area contributed by atoms with Gasteiger partial charge < -0.3 is 15.3 Å². The second-order valence-electron chi connectivity index (χ2n) is 0.224. The Morgan fingerprint density at radius 2 is 1.40 bits per heavy atom. The Hall–Kier alpha value is -0.0338. The fourth-order valence-corrected chi connectivity index (χ4v) is 0. The minimum absolute atomic E-state index is 0. The summed E-state index contributed by atoms with van der Waals surface area (Å²) in [5, 5.41) is 14.8. The van der Waals surface area contributed by atoms with Gasteiger partial charge in [0.15, 0.2) is 0 Å². The van der Waals surface area contributed by atoms with E-state index >= 15 is 0 Å². The molecule has 0 saturated carbocycles. The maximum Gasteiger partial charge on any atom is 2.00 e. The monoisotopic (exact) mass is 86.0 g/mol. The van der Waals surface area contributed by atoms with Crippen molar-refractivity contribution in [2.24, 2.45) is 0 Å². The van der Waals surface area contributed by atoms with Crippen LogP contribution in [-0.2, 0) is 0 Å². The minimum Gasteiger partial charge on any atom is -0.356 e. The topological polar surface area (TPSA) is 66.2 Å². The van der Waals surface area contributed by atoms with E-state index in [0.29, 0.717) is 0 Å². The minimum atomic E-state index is -1.75. The van der Waals surface area contributed by atoms with Gasteiger partial charge in [-0.2, -0.15) is 0 Å². The molecule has 5 heavy (non-hydrogen) atoms. The Morgan fingerprint density at radius 1 is 1.40 bits per heavy atom. The van der Waals surface area contributed by atoms with Gasteiger partial charge in [-0.25, -0.2) is 0 Å². The van der Waals surface area contributed by atoms with Gasteiger partial charge in [-0.15, -0.1) is 0 Å². The van der Waals surface area contributed by atoms with E-state index in [2.05, 4.69) is 0 Å². The zero-order chi connectivity index (χ0) is 3.58. The molecule has 0 saturated heterocycles. The van der Waals surface area contributed by atoms with Gasteiger partial charge in [0, 0.05) is 0 Å². The molecule has 0 bridgehead atoms. The van der Waals surface area contributed by atoms with Crippen LogP contribution in [0.5, 0.6) is 0 Å². The summed E-state index contributed by atoms with van der Waals surface area (Å²) in [6.45, 7) is 0. The molecule has 0 aliphatic carbocycles. The molecule has 0 aliphatic heterocycles. The van der Waals surface area contributed by atoms with Crippen LogP contribution in [0.2, 0.25) is 0 Å². The van der Waals surface area contributed by atoms with Gasteiger partial charge in [0.2, 0.25) is 0 Å². The van der Waals surface area contributed by atoms with Crippen LogP contribution in [0.4, 0.5) is 0 Å². The van der Waals surface area contributed by atoms with Gasteiger partial charge in [-0.3, -0.25) is 0 Å². The summed E-state index contributed by atoms with van der Waals surface area (Å²) >= 11 is 0. The summed E-state index contributed by atoms with van der Waals surface area (Å²) in [6, 6.07) is 0. The van der Waals surface area contributed by atoms with Crippen molar-refractivity contribution in [3.05, 3.63) is 15.3 Å². The van der Waals surface area contributed by atoms with Crippen molar-refractivity contribution in [3.8, 4) is 0 Å². The zero-order valence-electron chi connectivity index (χ0n) is 2.38. The fourth-order valence-electron chi connectivity index (χ4n) is 0. The average molecular weight is 86.3 g/mol. The van der Waals surface area contributed by atoms with Crippen molar-refractivity contribution >= 4 is 23.1 Å². The van der Waals surface area contributed by atoms with Crippen LogP contribution in [0, 0.1) is 15.3 Å². The van der Waals surface area contributed by atoms with Gasteiger partial charge in [-0.05, 0) is 0 Å². The first-order valence-electron chi connectivity index (χ1n) is 0.548. The molecule has 0 aromatic heterocycles. The first kappa shape index (κ1) is 8.88. The molecular formula is MgNO3+. The molecule has 0 radical (unpaired) electrons. The average Bonchev–Trinajstić information content (AvgIpc) is 0.811. The van der Waals surface area contributed by atoms with Gasteiger partial charge in [0.05, 0.1) is 5.09 Å². The first-order chi connectivity index (χ1) is 1.73. The summed E-state index contributed by atoms with van der Waals surface area (Å²) in [5.74, 6) is 0. The van der Waals surface area contributed by atoms with E-state index in [4.69, 9.17) is 15.3 Å². The number of rotatable bonds is 0. The van der Waals surface area contributed by atoms with Gasteiger partial charge >= 0.3 is 23.1 Å². The summed E-state index contributed by atoms with van der Waals surface area (Å²) in [6.07, 6.45) is 0. The van der Waals surface area contributed by atoms with E-state index < -0.39 is 5.09 Å². The quantitative estimate of drug-likeness (QED) is 0.224. The molecule has 0 N–H and O–H groups in total. The molecule has 0 heterocycles. The maximum absolute atomic E-state index is 8.25. The van der Waals surface area contributed by atoms with E-state index in [1.165, 1.54) is 0 Å². The molecule has 0 unspecified atom stereocenters. The molecule has 0 atom stereocenters. The van der Waals surface area contributed by atoms with Crippen molar-refractivity contribution in [1.29, 1.82) is 0 Å². The third kappa shape index (κ3) is 13400. The molecule has 0 aliphatic rings. The van der Waals surface area contributed by atoms with Gasteiger partial charge in [-0.1, -0.05) is 0 Å². The number of hydrogen-bond donors (Lipinski definition) is 0. The fraction of sp³-hybridized carbons (Fsp3) is 0. The maximum atomic E-state index is 8.25. The van der Waals surface area contributed by atoms with Gasteiger partial charge in [0.1, 0.15) is 0 Å². The Labute approximate surface area is 44.0 Å². The van der Waals surface area contributed by atoms with E-state index in [9.17, 15) is 0 Å². The molecule has 0 aromatic carbocycles. The van der Waals surface area contributed by atoms with Crippen molar-refractivity contribution in [1.82, 2.24) is 0 Å². The van der Waals surface area contributed by atoms with Gasteiger partial charge in [0.25, 0.3) is 0 Å². The Kier molecular flexibility index (Phi) is 7.04. The van der Waals surface area contributed by atoms with Crippen molar-refractivity contribution in [2.75, 3.05) is 0 Å². The van der Waals surface area contributed by atoms with Crippen LogP contribution in [0.3, 0.4) is 0 Å². The molecule has 0 spiro atoms. The second-order valence-corrected chi connectivity index (χ2v) is 0.224. The Morgan fingerprint density at radius 3 is 1.40 bits per heavy atom. The van der Waals surface area contributed by atoms with Crippen molar-refractivity contribution in [3.63, 3.8) is 0 Å². The Balaban J connectivity index is 0. The third-order valence-corrected chi connectivity index (χ3v) is 0. The van der Waals surface area contributed by atoms with Crippen LogP contribution in [0.15, 0.2) is 0 Å². The molecule has 0 rings (SSSR count). The van der Waals surface area contributed by atoms with Crippen LogP contribution in [0.1, 0.15) is 0 Å². The summed E-state index contributed by atoms with van der Waals surface area (Å²) < 4.78 is 0. The van der Waals surface area contributed by atoms with Crippen molar-refractivity contribution in [2.45, 2.75) is 0 Å². The first-order valence-corrected chi connectivity index (χ1v) is 0.548. The Bertz CT molecular complexity index is 29.9. The van der Waals surface area contributed by atoms with E-state index in [1.54, 1.807) is 0 Å². The van der Waals surface area contributed by atoms with E-state index in [0.717, 1.165) is 0 Å². The predicted molar refractivity (Wildman–Crippen MR) is 16.1 cm³/mol. The summed E-state index contributed by atoms with van der Waals surface area (Å²) in [7, 11) is 0. The molecule has 0 fully saturated rings. The second kappa shape index (κ2) is 3.97. The molecule has 4 nitrogen and oxygen atoms in total. The smallest absolute Gasteiger partial charge is 0.356 e. The van der Waals surface area contributed by atoms with Crippen molar-refractivity contribution < 1.29 is 5.09 Å². The van der Waals surface area contributed by atoms with E-state index in [-0.39, 0.29) is 23.1 Å². The van der Waals surface area contributed by atoms with Crippen LogP contribution >= 0.6 is 0 Å². The largest absolute Gasteiger partial charge is 2.00 e. The van der Waals surface area contributed by atoms with Crippen LogP contribution < -0.4 is 0 Å². The van der Waals surface area contributed by atoms with Crippen LogP contribution in [-0.4, -0.2) is 28.1 Å². The standard InChI is InChI=1S/Mg.NO3/c;2-1(3)4/q+2;-1. The zero-order valence-corrected chi connectivity index (χ0v) is 3.79. The SMILES string of the molecule is O=[N+]([O-])[O-].[Mg+2]. The molecule has 0 amide bonds. The summed E-state index contributed by atoms with van der Waals surface area (Å²) in [5.41, 5.74) is 0. The number of nitrogens with zero attached hydrogens (tertiary/aromatic N) is 1. The molecule has 0 aromatic rings. The third-order valence-electron chi connectivity index (χ3n) is 0.